The third kappa shape index (κ3) is 6.15. The summed E-state index contributed by atoms with van der Waals surface area (Å²) in [4.78, 5) is 24.4. The number of likely N-dealkylation sites (N-methyl/N-ethyl adjacent to an activating group) is 1. The number of hydrogen-bond donors (Lipinski definition) is 2. The van der Waals surface area contributed by atoms with E-state index in [0.717, 1.165) is 30.1 Å². The van der Waals surface area contributed by atoms with Gasteiger partial charge in [0.1, 0.15) is 0 Å². The fraction of sp³-hybridized carbons (Fsp3) is 0.267. The summed E-state index contributed by atoms with van der Waals surface area (Å²) in [7, 11) is 2.00. The maximum Gasteiger partial charge on any atom is 0.416 e. The second-order valence-electron chi connectivity index (χ2n) is 9.91. The number of pyridine rings is 1. The van der Waals surface area contributed by atoms with E-state index in [0.29, 0.717) is 34.9 Å². The zero-order valence-corrected chi connectivity index (χ0v) is 22.7. The highest BCUT2D eigenvalue weighted by Crippen LogP contribution is 2.35. The molecule has 10 heteroatoms. The van der Waals surface area contributed by atoms with Gasteiger partial charge in [0.05, 0.1) is 16.6 Å². The van der Waals surface area contributed by atoms with Crippen molar-refractivity contribution in [1.29, 1.82) is 0 Å². The van der Waals surface area contributed by atoms with E-state index in [9.17, 15) is 18.0 Å². The van der Waals surface area contributed by atoms with Gasteiger partial charge in [-0.3, -0.25) is 9.69 Å². The van der Waals surface area contributed by atoms with E-state index in [2.05, 4.69) is 32.0 Å². The molecule has 1 aliphatic heterocycles. The van der Waals surface area contributed by atoms with Crippen LogP contribution in [0.2, 0.25) is 5.15 Å². The molecule has 2 aromatic heterocycles. The number of carbonyl (C=O) groups excluding carboxylic acids is 1. The van der Waals surface area contributed by atoms with Crippen LogP contribution in [-0.4, -0.2) is 58.9 Å². The van der Waals surface area contributed by atoms with Crippen molar-refractivity contribution in [1.82, 2.24) is 19.8 Å². The molecule has 2 aromatic carbocycles. The molecule has 2 N–H and O–H groups in total. The molecule has 1 amide bonds. The molecule has 0 aliphatic carbocycles. The van der Waals surface area contributed by atoms with E-state index in [-0.39, 0.29) is 23.4 Å². The van der Waals surface area contributed by atoms with Gasteiger partial charge in [-0.25, -0.2) is 4.98 Å². The van der Waals surface area contributed by atoms with Crippen LogP contribution in [0.4, 0.5) is 18.9 Å². The second-order valence-corrected chi connectivity index (χ2v) is 10.3. The normalized spacial score (nSPS) is 14.7. The monoisotopic (exact) mass is 565 g/mol. The average Bonchev–Trinajstić information content (AvgIpc) is 3.42. The molecule has 3 heterocycles. The first-order chi connectivity index (χ1) is 19.1. The Morgan fingerprint density at radius 1 is 1.07 bits per heavy atom. The highest BCUT2D eigenvalue weighted by atomic mass is 35.5. The van der Waals surface area contributed by atoms with Crippen LogP contribution < -0.4 is 5.32 Å². The molecule has 0 atom stereocenters. The summed E-state index contributed by atoms with van der Waals surface area (Å²) in [5.74, 6) is 5.65. The lowest BCUT2D eigenvalue weighted by molar-refractivity contribution is -0.138. The maximum absolute atomic E-state index is 14.0. The first-order valence-electron chi connectivity index (χ1n) is 12.7. The van der Waals surface area contributed by atoms with Gasteiger partial charge in [0.25, 0.3) is 5.91 Å². The van der Waals surface area contributed by atoms with Crippen LogP contribution in [-0.2, 0) is 12.7 Å². The number of aromatic nitrogens is 2. The van der Waals surface area contributed by atoms with Crippen LogP contribution in [0.1, 0.15) is 38.2 Å². The summed E-state index contributed by atoms with van der Waals surface area (Å²) < 4.78 is 41.9. The minimum atomic E-state index is -4.54. The molecule has 1 fully saturated rings. The molecule has 0 radical (unpaired) electrons. The number of amides is 1. The number of rotatable bonds is 4. The zero-order chi connectivity index (χ0) is 28.4. The third-order valence-corrected chi connectivity index (χ3v) is 7.33. The fourth-order valence-corrected chi connectivity index (χ4v) is 4.86. The van der Waals surface area contributed by atoms with Gasteiger partial charge in [0.15, 0.2) is 5.15 Å². The molecule has 5 rings (SSSR count). The van der Waals surface area contributed by atoms with Crippen molar-refractivity contribution in [3.63, 3.8) is 0 Å². The lowest BCUT2D eigenvalue weighted by Crippen LogP contribution is -2.44. The van der Waals surface area contributed by atoms with Gasteiger partial charge >= 0.3 is 6.18 Å². The number of aryl methyl sites for hydroxylation is 1. The summed E-state index contributed by atoms with van der Waals surface area (Å²) in [5, 5.41) is 3.80. The standard InChI is InChI=1S/C30H27ClF3N5O/c1-19-3-4-21(15-20(19)5-6-22-17-36-28(31)27-25(22)9-10-35-27)29(40)37-24-8-7-23(26(16-24)30(32,33)34)18-39-13-11-38(2)12-14-39/h3-4,7-10,15-17,35H,11-14,18H2,1-2H3,(H,37,40). The number of alkyl halides is 3. The lowest BCUT2D eigenvalue weighted by Gasteiger charge is -2.33. The molecule has 1 aliphatic rings. The van der Waals surface area contributed by atoms with Gasteiger partial charge < -0.3 is 15.2 Å². The Hall–Kier alpha value is -3.84. The second kappa shape index (κ2) is 11.3. The molecular weight excluding hydrogens is 539 g/mol. The quantitative estimate of drug-likeness (QED) is 0.237. The predicted octanol–water partition coefficient (Wildman–Crippen LogP) is 5.94. The van der Waals surface area contributed by atoms with Gasteiger partial charge in [0.2, 0.25) is 0 Å². The van der Waals surface area contributed by atoms with E-state index in [4.69, 9.17) is 11.6 Å². The number of aromatic amines is 1. The van der Waals surface area contributed by atoms with Gasteiger partial charge in [-0.05, 0) is 55.4 Å². The van der Waals surface area contributed by atoms with E-state index < -0.39 is 17.6 Å². The number of fused-ring (bicyclic) bond motifs is 1. The van der Waals surface area contributed by atoms with Crippen LogP contribution in [0.25, 0.3) is 10.9 Å². The van der Waals surface area contributed by atoms with Crippen molar-refractivity contribution >= 4 is 34.1 Å². The van der Waals surface area contributed by atoms with E-state index in [1.165, 1.54) is 12.1 Å². The Morgan fingerprint density at radius 2 is 1.82 bits per heavy atom. The Bertz CT molecular complexity index is 1630. The predicted molar refractivity (Wildman–Crippen MR) is 150 cm³/mol. The summed E-state index contributed by atoms with van der Waals surface area (Å²) in [6, 6.07) is 10.8. The van der Waals surface area contributed by atoms with Gasteiger partial charge in [-0.15, -0.1) is 0 Å². The van der Waals surface area contributed by atoms with E-state index in [1.54, 1.807) is 30.6 Å². The fourth-order valence-electron chi connectivity index (χ4n) is 4.66. The molecule has 0 unspecified atom stereocenters. The molecule has 0 saturated carbocycles. The number of hydrogen-bond acceptors (Lipinski definition) is 4. The van der Waals surface area contributed by atoms with Crippen molar-refractivity contribution in [3.8, 4) is 11.8 Å². The summed E-state index contributed by atoms with van der Waals surface area (Å²) in [5.41, 5.74) is 2.63. The topological polar surface area (TPSA) is 64.3 Å². The van der Waals surface area contributed by atoms with E-state index in [1.807, 2.05) is 24.9 Å². The first kappa shape index (κ1) is 27.7. The smallest absolute Gasteiger partial charge is 0.359 e. The van der Waals surface area contributed by atoms with Crippen LogP contribution in [0.5, 0.6) is 0 Å². The number of anilines is 1. The number of piperazine rings is 1. The number of nitrogens with one attached hydrogen (secondary N) is 2. The minimum Gasteiger partial charge on any atom is -0.359 e. The van der Waals surface area contributed by atoms with Crippen LogP contribution in [0, 0.1) is 18.8 Å². The molecule has 206 valence electrons. The highest BCUT2D eigenvalue weighted by Gasteiger charge is 2.34. The number of halogens is 4. The lowest BCUT2D eigenvalue weighted by atomic mass is 10.0. The Balaban J connectivity index is 1.36. The molecule has 4 aromatic rings. The third-order valence-electron chi connectivity index (χ3n) is 7.05. The molecule has 0 spiro atoms. The molecule has 0 bridgehead atoms. The summed E-state index contributed by atoms with van der Waals surface area (Å²) in [6.07, 6.45) is -1.21. The number of nitrogens with zero attached hydrogens (tertiary/aromatic N) is 3. The van der Waals surface area contributed by atoms with Gasteiger partial charge in [-0.1, -0.05) is 35.6 Å². The summed E-state index contributed by atoms with van der Waals surface area (Å²) in [6.45, 7) is 5.10. The van der Waals surface area contributed by atoms with Crippen molar-refractivity contribution in [2.45, 2.75) is 19.6 Å². The van der Waals surface area contributed by atoms with Crippen molar-refractivity contribution in [3.05, 3.63) is 93.4 Å². The number of carbonyl (C=O) groups is 1. The highest BCUT2D eigenvalue weighted by molar-refractivity contribution is 6.33. The Kier molecular flexibility index (Phi) is 7.86. The van der Waals surface area contributed by atoms with Crippen molar-refractivity contribution in [2.24, 2.45) is 0 Å². The number of benzene rings is 2. The SMILES string of the molecule is Cc1ccc(C(=O)Nc2ccc(CN3CCN(C)CC3)c(C(F)(F)F)c2)cc1C#Cc1cnc(Cl)c2[nH]ccc12. The largest absolute Gasteiger partial charge is 0.416 e. The molecule has 1 saturated heterocycles. The molecular formula is C30H27ClF3N5O. The summed E-state index contributed by atoms with van der Waals surface area (Å²) >= 11 is 6.13. The van der Waals surface area contributed by atoms with Crippen LogP contribution in [0.3, 0.4) is 0 Å². The number of H-pyrrole nitrogens is 1. The molecule has 6 nitrogen and oxygen atoms in total. The maximum atomic E-state index is 14.0. The van der Waals surface area contributed by atoms with Gasteiger partial charge in [0, 0.05) is 67.3 Å². The van der Waals surface area contributed by atoms with Crippen molar-refractivity contribution in [2.75, 3.05) is 38.5 Å². The zero-order valence-electron chi connectivity index (χ0n) is 22.0. The van der Waals surface area contributed by atoms with Crippen molar-refractivity contribution < 1.29 is 18.0 Å². The molecule has 40 heavy (non-hydrogen) atoms. The van der Waals surface area contributed by atoms with E-state index >= 15 is 0 Å². The van der Waals surface area contributed by atoms with Crippen LogP contribution >= 0.6 is 11.6 Å². The minimum absolute atomic E-state index is 0.0785. The average molecular weight is 566 g/mol. The Morgan fingerprint density at radius 3 is 2.58 bits per heavy atom. The first-order valence-corrected chi connectivity index (χ1v) is 13.1. The Labute approximate surface area is 235 Å². The van der Waals surface area contributed by atoms with Crippen LogP contribution in [0.15, 0.2) is 54.9 Å². The van der Waals surface area contributed by atoms with Gasteiger partial charge in [-0.2, -0.15) is 13.2 Å².